The van der Waals surface area contributed by atoms with Crippen molar-refractivity contribution in [3.05, 3.63) is 58.1 Å². The summed E-state index contributed by atoms with van der Waals surface area (Å²) >= 11 is 3.59. The lowest BCUT2D eigenvalue weighted by Crippen LogP contribution is -2.80. The van der Waals surface area contributed by atoms with Crippen molar-refractivity contribution in [1.29, 1.82) is 0 Å². The molecule has 0 unspecified atom stereocenters. The molecule has 0 aliphatic carbocycles. The average molecular weight is 365 g/mol. The topological polar surface area (TPSA) is 35.1 Å². The van der Waals surface area contributed by atoms with Gasteiger partial charge in [-0.1, -0.05) is 30.3 Å². The fraction of sp³-hybridized carbons (Fsp3) is 0.333. The highest BCUT2D eigenvalue weighted by molar-refractivity contribution is 9.10. The smallest absolute Gasteiger partial charge is 0.175 e. The van der Waals surface area contributed by atoms with Crippen molar-refractivity contribution in [2.45, 2.75) is 26.9 Å². The second-order valence-electron chi connectivity index (χ2n) is 4.95. The summed E-state index contributed by atoms with van der Waals surface area (Å²) < 4.78 is 12.3. The van der Waals surface area contributed by atoms with Crippen molar-refractivity contribution in [1.82, 2.24) is 0 Å². The molecule has 0 aliphatic heterocycles. The van der Waals surface area contributed by atoms with E-state index in [1.54, 1.807) is 0 Å². The Morgan fingerprint density at radius 1 is 0.909 bits per heavy atom. The number of quaternary nitrogens is 1. The molecule has 0 radical (unpaired) electrons. The fourth-order valence-electron chi connectivity index (χ4n) is 2.31. The second kappa shape index (κ2) is 8.81. The number of rotatable bonds is 8. The minimum Gasteiger partial charge on any atom is -0.490 e. The highest BCUT2D eigenvalue weighted by atomic mass is 79.9. The highest BCUT2D eigenvalue weighted by Gasteiger charge is 2.12. The van der Waals surface area contributed by atoms with Crippen molar-refractivity contribution >= 4 is 15.9 Å². The fourth-order valence-corrected chi connectivity index (χ4v) is 2.91. The lowest BCUT2D eigenvalue weighted by atomic mass is 10.2. The van der Waals surface area contributed by atoms with Gasteiger partial charge in [-0.15, -0.1) is 0 Å². The quantitative estimate of drug-likeness (QED) is 0.777. The standard InChI is InChI=1S/C18H22BrNO2/c1-3-21-17-11-15(10-16(19)18(17)22-4-2)13-20-12-14-8-6-5-7-9-14/h5-11,20H,3-4,12-13H2,1-2H3/p+1. The zero-order valence-corrected chi connectivity index (χ0v) is 14.7. The van der Waals surface area contributed by atoms with Gasteiger partial charge in [0.15, 0.2) is 11.5 Å². The molecule has 0 bridgehead atoms. The summed E-state index contributed by atoms with van der Waals surface area (Å²) in [5.74, 6) is 1.60. The Morgan fingerprint density at radius 2 is 1.59 bits per heavy atom. The predicted molar refractivity (Wildman–Crippen MR) is 92.3 cm³/mol. The summed E-state index contributed by atoms with van der Waals surface area (Å²) in [5, 5.41) is 2.28. The van der Waals surface area contributed by atoms with Gasteiger partial charge in [-0.25, -0.2) is 0 Å². The van der Waals surface area contributed by atoms with Crippen LogP contribution < -0.4 is 14.8 Å². The van der Waals surface area contributed by atoms with E-state index < -0.39 is 0 Å². The molecule has 0 spiro atoms. The van der Waals surface area contributed by atoms with Crippen molar-refractivity contribution < 1.29 is 14.8 Å². The largest absolute Gasteiger partial charge is 0.490 e. The van der Waals surface area contributed by atoms with Gasteiger partial charge in [0.05, 0.1) is 17.7 Å². The maximum atomic E-state index is 5.71. The Labute approximate surface area is 140 Å². The van der Waals surface area contributed by atoms with Crippen LogP contribution in [0.25, 0.3) is 0 Å². The molecular formula is C18H23BrNO2+. The molecule has 0 aromatic heterocycles. The zero-order chi connectivity index (χ0) is 15.8. The van der Waals surface area contributed by atoms with E-state index in [9.17, 15) is 0 Å². The second-order valence-corrected chi connectivity index (χ2v) is 5.81. The molecular weight excluding hydrogens is 342 g/mol. The molecule has 0 heterocycles. The molecule has 0 fully saturated rings. The Kier molecular flexibility index (Phi) is 6.74. The molecule has 0 saturated heterocycles. The third kappa shape index (κ3) is 4.75. The molecule has 118 valence electrons. The highest BCUT2D eigenvalue weighted by Crippen LogP contribution is 2.36. The number of halogens is 1. The van der Waals surface area contributed by atoms with Crippen LogP contribution in [0.2, 0.25) is 0 Å². The van der Waals surface area contributed by atoms with Crippen molar-refractivity contribution in [3.8, 4) is 11.5 Å². The first-order valence-corrected chi connectivity index (χ1v) is 8.47. The van der Waals surface area contributed by atoms with E-state index in [0.717, 1.165) is 29.1 Å². The molecule has 0 atom stereocenters. The van der Waals surface area contributed by atoms with Gasteiger partial charge < -0.3 is 14.8 Å². The maximum absolute atomic E-state index is 5.71. The monoisotopic (exact) mass is 364 g/mol. The van der Waals surface area contributed by atoms with Crippen LogP contribution in [0.15, 0.2) is 46.9 Å². The van der Waals surface area contributed by atoms with Crippen LogP contribution in [0.5, 0.6) is 11.5 Å². The van der Waals surface area contributed by atoms with Crippen LogP contribution in [0.3, 0.4) is 0 Å². The summed E-state index contributed by atoms with van der Waals surface area (Å²) in [6.45, 7) is 7.08. The van der Waals surface area contributed by atoms with Crippen LogP contribution in [0.1, 0.15) is 25.0 Å². The normalized spacial score (nSPS) is 10.5. The first-order chi connectivity index (χ1) is 10.7. The van der Waals surface area contributed by atoms with Crippen LogP contribution in [0, 0.1) is 0 Å². The van der Waals surface area contributed by atoms with Gasteiger partial charge in [-0.05, 0) is 41.9 Å². The van der Waals surface area contributed by atoms with Crippen LogP contribution in [-0.2, 0) is 13.1 Å². The summed E-state index contributed by atoms with van der Waals surface area (Å²) in [5.41, 5.74) is 2.55. The van der Waals surface area contributed by atoms with Crippen molar-refractivity contribution in [2.24, 2.45) is 0 Å². The average Bonchev–Trinajstić information content (AvgIpc) is 2.52. The SMILES string of the molecule is CCOc1cc(C[NH2+]Cc2ccccc2)cc(Br)c1OCC. The third-order valence-electron chi connectivity index (χ3n) is 3.26. The minimum absolute atomic E-state index is 0.623. The molecule has 2 aromatic carbocycles. The molecule has 2 N–H and O–H groups in total. The van der Waals surface area contributed by atoms with E-state index >= 15 is 0 Å². The molecule has 2 rings (SSSR count). The van der Waals surface area contributed by atoms with Crippen molar-refractivity contribution in [3.63, 3.8) is 0 Å². The minimum atomic E-state index is 0.623. The van der Waals surface area contributed by atoms with E-state index in [1.807, 2.05) is 19.9 Å². The summed E-state index contributed by atoms with van der Waals surface area (Å²) in [4.78, 5) is 0. The van der Waals surface area contributed by atoms with Crippen LogP contribution in [0.4, 0.5) is 0 Å². The Balaban J connectivity index is 2.04. The first-order valence-electron chi connectivity index (χ1n) is 7.68. The number of benzene rings is 2. The molecule has 0 saturated carbocycles. The van der Waals surface area contributed by atoms with Gasteiger partial charge in [0.25, 0.3) is 0 Å². The van der Waals surface area contributed by atoms with Crippen molar-refractivity contribution in [2.75, 3.05) is 13.2 Å². The van der Waals surface area contributed by atoms with Crippen LogP contribution in [-0.4, -0.2) is 13.2 Å². The van der Waals surface area contributed by atoms with Gasteiger partial charge in [0.2, 0.25) is 0 Å². The molecule has 4 heteroatoms. The zero-order valence-electron chi connectivity index (χ0n) is 13.1. The number of hydrogen-bond acceptors (Lipinski definition) is 2. The van der Waals surface area contributed by atoms with E-state index in [-0.39, 0.29) is 0 Å². The summed E-state index contributed by atoms with van der Waals surface area (Å²) in [7, 11) is 0. The first kappa shape index (κ1) is 16.8. The van der Waals surface area contributed by atoms with Gasteiger partial charge in [-0.2, -0.15) is 0 Å². The predicted octanol–water partition coefficient (Wildman–Crippen LogP) is 3.51. The number of ether oxygens (including phenoxy) is 2. The Bertz CT molecular complexity index is 587. The Morgan fingerprint density at radius 3 is 2.27 bits per heavy atom. The Hall–Kier alpha value is -1.52. The van der Waals surface area contributed by atoms with E-state index in [2.05, 4.69) is 57.6 Å². The lowest BCUT2D eigenvalue weighted by molar-refractivity contribution is -0.686. The molecule has 2 aromatic rings. The van der Waals surface area contributed by atoms with E-state index in [4.69, 9.17) is 9.47 Å². The van der Waals surface area contributed by atoms with Gasteiger partial charge in [-0.3, -0.25) is 0 Å². The molecule has 0 aliphatic rings. The lowest BCUT2D eigenvalue weighted by Gasteiger charge is -2.14. The summed E-state index contributed by atoms with van der Waals surface area (Å²) in [6, 6.07) is 14.7. The number of hydrogen-bond donors (Lipinski definition) is 1. The summed E-state index contributed by atoms with van der Waals surface area (Å²) in [6.07, 6.45) is 0. The van der Waals surface area contributed by atoms with Gasteiger partial charge in [0, 0.05) is 11.1 Å². The maximum Gasteiger partial charge on any atom is 0.175 e. The number of nitrogens with two attached hydrogens (primary N) is 1. The van der Waals surface area contributed by atoms with Gasteiger partial charge in [0.1, 0.15) is 13.1 Å². The third-order valence-corrected chi connectivity index (χ3v) is 3.85. The van der Waals surface area contributed by atoms with Gasteiger partial charge >= 0.3 is 0 Å². The molecule has 3 nitrogen and oxygen atoms in total. The molecule has 0 amide bonds. The van der Waals surface area contributed by atoms with E-state index in [0.29, 0.717) is 13.2 Å². The molecule has 22 heavy (non-hydrogen) atoms. The van der Waals surface area contributed by atoms with E-state index in [1.165, 1.54) is 11.1 Å². The van der Waals surface area contributed by atoms with Crippen LogP contribution >= 0.6 is 15.9 Å².